The number of aromatic nitrogens is 3. The largest absolute Gasteiger partial charge is 0.349 e. The number of carbonyl (C=O) groups is 1. The molecule has 1 aliphatic heterocycles. The van der Waals surface area contributed by atoms with Crippen molar-refractivity contribution in [2.75, 3.05) is 25.0 Å². The minimum atomic E-state index is 0.0409. The van der Waals surface area contributed by atoms with Gasteiger partial charge in [0.25, 0.3) is 0 Å². The van der Waals surface area contributed by atoms with Crippen LogP contribution in [0.2, 0.25) is 0 Å². The van der Waals surface area contributed by atoms with Gasteiger partial charge in [0.2, 0.25) is 5.91 Å². The number of anilines is 2. The minimum absolute atomic E-state index is 0.0409. The number of amides is 1. The second-order valence-electron chi connectivity index (χ2n) is 7.89. The van der Waals surface area contributed by atoms with E-state index in [1.807, 2.05) is 49.4 Å². The van der Waals surface area contributed by atoms with E-state index in [1.54, 1.807) is 12.4 Å². The van der Waals surface area contributed by atoms with Crippen LogP contribution in [0.25, 0.3) is 0 Å². The molecule has 0 saturated carbocycles. The van der Waals surface area contributed by atoms with Crippen molar-refractivity contribution in [2.24, 2.45) is 0 Å². The van der Waals surface area contributed by atoms with Crippen molar-refractivity contribution in [2.45, 2.75) is 32.2 Å². The molecule has 0 spiro atoms. The van der Waals surface area contributed by atoms with E-state index in [-0.39, 0.29) is 5.91 Å². The number of hydrogen-bond donors (Lipinski definition) is 2. The number of nitrogens with zero attached hydrogens (tertiary/aromatic N) is 4. The summed E-state index contributed by atoms with van der Waals surface area (Å²) in [4.78, 5) is 27.9. The Balaban J connectivity index is 1.27. The molecular weight excluding hydrogens is 388 g/mol. The maximum atomic E-state index is 12.3. The number of piperidine rings is 1. The van der Waals surface area contributed by atoms with Gasteiger partial charge in [0.1, 0.15) is 11.6 Å². The summed E-state index contributed by atoms with van der Waals surface area (Å²) in [5.74, 6) is 2.09. The number of carbonyl (C=O) groups excluding carboxylic acids is 1. The highest BCUT2D eigenvalue weighted by Crippen LogP contribution is 2.28. The van der Waals surface area contributed by atoms with Gasteiger partial charge in [-0.25, -0.2) is 9.97 Å². The Labute approximate surface area is 183 Å². The van der Waals surface area contributed by atoms with Crippen LogP contribution in [0.1, 0.15) is 35.7 Å². The second kappa shape index (κ2) is 10.1. The Bertz CT molecular complexity index is 1000. The summed E-state index contributed by atoms with van der Waals surface area (Å²) in [6, 6.07) is 15.8. The zero-order chi connectivity index (χ0) is 21.5. The molecule has 0 radical (unpaired) electrons. The second-order valence-corrected chi connectivity index (χ2v) is 7.89. The average Bonchev–Trinajstić information content (AvgIpc) is 2.81. The number of nitrogens with one attached hydrogen (secondary N) is 2. The van der Waals surface area contributed by atoms with Crippen molar-refractivity contribution in [3.63, 3.8) is 0 Å². The first kappa shape index (κ1) is 20.9. The Morgan fingerprint density at radius 2 is 1.87 bits per heavy atom. The van der Waals surface area contributed by atoms with Crippen LogP contribution in [0, 0.1) is 6.92 Å². The minimum Gasteiger partial charge on any atom is -0.349 e. The van der Waals surface area contributed by atoms with E-state index in [0.29, 0.717) is 19.0 Å². The number of rotatable bonds is 7. The molecule has 1 aliphatic rings. The molecule has 4 rings (SSSR count). The summed E-state index contributed by atoms with van der Waals surface area (Å²) in [7, 11) is 0. The molecule has 31 heavy (non-hydrogen) atoms. The number of aryl methyl sites for hydroxylation is 1. The SMILES string of the molecule is Cc1cccnc1Nc1cccc(C2CCN(CC(=O)NCc3ccccn3)CC2)n1. The smallest absolute Gasteiger partial charge is 0.234 e. The molecule has 1 saturated heterocycles. The summed E-state index contributed by atoms with van der Waals surface area (Å²) in [6.45, 7) is 4.70. The summed E-state index contributed by atoms with van der Waals surface area (Å²) >= 11 is 0. The van der Waals surface area contributed by atoms with Crippen LogP contribution in [-0.2, 0) is 11.3 Å². The number of pyridine rings is 3. The Morgan fingerprint density at radius 1 is 1.03 bits per heavy atom. The molecule has 3 aromatic rings. The lowest BCUT2D eigenvalue weighted by molar-refractivity contribution is -0.122. The van der Waals surface area contributed by atoms with Gasteiger partial charge in [-0.1, -0.05) is 18.2 Å². The fourth-order valence-corrected chi connectivity index (χ4v) is 3.82. The molecule has 0 unspecified atom stereocenters. The van der Waals surface area contributed by atoms with Gasteiger partial charge in [0.05, 0.1) is 18.8 Å². The van der Waals surface area contributed by atoms with Gasteiger partial charge < -0.3 is 10.6 Å². The first-order valence-corrected chi connectivity index (χ1v) is 10.7. The molecular formula is C24H28N6O. The first-order chi connectivity index (χ1) is 15.2. The maximum absolute atomic E-state index is 12.3. The molecule has 160 valence electrons. The standard InChI is InChI=1S/C24H28N6O/c1-18-6-5-13-26-24(18)29-22-9-4-8-21(28-22)19-10-14-30(15-11-19)17-23(31)27-16-20-7-2-3-12-25-20/h2-9,12-13,19H,10-11,14-17H2,1H3,(H,27,31)(H,26,28,29). The lowest BCUT2D eigenvalue weighted by atomic mass is 9.93. The van der Waals surface area contributed by atoms with Gasteiger partial charge in [-0.2, -0.15) is 0 Å². The normalized spacial score (nSPS) is 14.9. The van der Waals surface area contributed by atoms with E-state index in [9.17, 15) is 4.79 Å². The van der Waals surface area contributed by atoms with Crippen molar-refractivity contribution < 1.29 is 4.79 Å². The van der Waals surface area contributed by atoms with Crippen LogP contribution in [0.3, 0.4) is 0 Å². The van der Waals surface area contributed by atoms with Gasteiger partial charge in [0.15, 0.2) is 0 Å². The fourth-order valence-electron chi connectivity index (χ4n) is 3.82. The molecule has 0 aliphatic carbocycles. The van der Waals surface area contributed by atoms with Crippen molar-refractivity contribution in [3.8, 4) is 0 Å². The van der Waals surface area contributed by atoms with Crippen LogP contribution >= 0.6 is 0 Å². The predicted molar refractivity (Wildman–Crippen MR) is 121 cm³/mol. The molecule has 7 heteroatoms. The predicted octanol–water partition coefficient (Wildman–Crippen LogP) is 3.42. The van der Waals surface area contributed by atoms with Crippen molar-refractivity contribution >= 4 is 17.5 Å². The zero-order valence-electron chi connectivity index (χ0n) is 17.8. The topological polar surface area (TPSA) is 83.0 Å². The molecule has 1 fully saturated rings. The molecule has 7 nitrogen and oxygen atoms in total. The molecule has 0 atom stereocenters. The van der Waals surface area contributed by atoms with Crippen molar-refractivity contribution in [3.05, 3.63) is 77.9 Å². The molecule has 4 heterocycles. The van der Waals surface area contributed by atoms with Crippen molar-refractivity contribution in [1.82, 2.24) is 25.2 Å². The van der Waals surface area contributed by atoms with Crippen LogP contribution < -0.4 is 10.6 Å². The van der Waals surface area contributed by atoms with Crippen LogP contribution in [0.5, 0.6) is 0 Å². The number of hydrogen-bond acceptors (Lipinski definition) is 6. The highest BCUT2D eigenvalue weighted by molar-refractivity contribution is 5.77. The quantitative estimate of drug-likeness (QED) is 0.614. The van der Waals surface area contributed by atoms with Gasteiger partial charge in [-0.05, 0) is 68.8 Å². The van der Waals surface area contributed by atoms with E-state index in [1.165, 1.54) is 0 Å². The Kier molecular flexibility index (Phi) is 6.84. The van der Waals surface area contributed by atoms with Crippen molar-refractivity contribution in [1.29, 1.82) is 0 Å². The molecule has 1 amide bonds. The Morgan fingerprint density at radius 3 is 2.65 bits per heavy atom. The Hall–Kier alpha value is -3.32. The van der Waals surface area contributed by atoms with Gasteiger partial charge in [-0.15, -0.1) is 0 Å². The third kappa shape index (κ3) is 5.86. The molecule has 0 bridgehead atoms. The lowest BCUT2D eigenvalue weighted by Gasteiger charge is -2.31. The van der Waals surface area contributed by atoms with E-state index < -0.39 is 0 Å². The highest BCUT2D eigenvalue weighted by Gasteiger charge is 2.23. The monoisotopic (exact) mass is 416 g/mol. The third-order valence-corrected chi connectivity index (χ3v) is 5.59. The lowest BCUT2D eigenvalue weighted by Crippen LogP contribution is -2.41. The molecule has 2 N–H and O–H groups in total. The highest BCUT2D eigenvalue weighted by atomic mass is 16.2. The zero-order valence-corrected chi connectivity index (χ0v) is 17.8. The summed E-state index contributed by atoms with van der Waals surface area (Å²) in [5, 5.41) is 6.28. The molecule has 0 aromatic carbocycles. The number of likely N-dealkylation sites (tertiary alicyclic amines) is 1. The first-order valence-electron chi connectivity index (χ1n) is 10.7. The summed E-state index contributed by atoms with van der Waals surface area (Å²) in [5.41, 5.74) is 3.05. The summed E-state index contributed by atoms with van der Waals surface area (Å²) < 4.78 is 0. The molecule has 3 aromatic heterocycles. The summed E-state index contributed by atoms with van der Waals surface area (Å²) in [6.07, 6.45) is 5.50. The van der Waals surface area contributed by atoms with E-state index >= 15 is 0 Å². The van der Waals surface area contributed by atoms with Crippen LogP contribution in [0.4, 0.5) is 11.6 Å². The van der Waals surface area contributed by atoms with E-state index in [0.717, 1.165) is 54.5 Å². The average molecular weight is 417 g/mol. The van der Waals surface area contributed by atoms with Crippen LogP contribution in [-0.4, -0.2) is 45.4 Å². The van der Waals surface area contributed by atoms with Crippen LogP contribution in [0.15, 0.2) is 60.9 Å². The van der Waals surface area contributed by atoms with E-state index in [2.05, 4.69) is 31.6 Å². The van der Waals surface area contributed by atoms with Gasteiger partial charge >= 0.3 is 0 Å². The fraction of sp³-hybridized carbons (Fsp3) is 0.333. The van der Waals surface area contributed by atoms with Gasteiger partial charge in [0, 0.05) is 24.0 Å². The van der Waals surface area contributed by atoms with E-state index in [4.69, 9.17) is 4.98 Å². The van der Waals surface area contributed by atoms with Gasteiger partial charge in [-0.3, -0.25) is 14.7 Å². The maximum Gasteiger partial charge on any atom is 0.234 e. The third-order valence-electron chi connectivity index (χ3n) is 5.59.